The lowest BCUT2D eigenvalue weighted by Gasteiger charge is -2.25. The van der Waals surface area contributed by atoms with Crippen molar-refractivity contribution in [2.45, 2.75) is 19.3 Å². The first-order valence-corrected chi connectivity index (χ1v) is 8.84. The van der Waals surface area contributed by atoms with Gasteiger partial charge in [-0.05, 0) is 43.0 Å². The molecule has 2 fully saturated rings. The molecule has 1 spiro atoms. The second kappa shape index (κ2) is 8.92. The lowest BCUT2D eigenvalue weighted by Crippen LogP contribution is -2.42. The van der Waals surface area contributed by atoms with Crippen molar-refractivity contribution in [2.24, 2.45) is 10.4 Å². The van der Waals surface area contributed by atoms with Crippen LogP contribution >= 0.6 is 47.2 Å². The molecule has 0 amide bonds. The summed E-state index contributed by atoms with van der Waals surface area (Å²) in [7, 11) is 1.84. The molecule has 7 heteroatoms. The minimum atomic E-state index is 0. The van der Waals surface area contributed by atoms with Crippen LogP contribution in [0.15, 0.2) is 23.2 Å². The van der Waals surface area contributed by atoms with Crippen LogP contribution in [0.2, 0.25) is 10.0 Å². The second-order valence-corrected chi connectivity index (χ2v) is 7.35. The number of nitrogens with zero attached hydrogens (tertiary/aromatic N) is 2. The number of aliphatic imine (C=N–C) groups is 1. The van der Waals surface area contributed by atoms with Gasteiger partial charge < -0.3 is 15.0 Å². The molecular formula is C17H24Cl2IN3O. The van der Waals surface area contributed by atoms with E-state index in [0.717, 1.165) is 50.8 Å². The summed E-state index contributed by atoms with van der Waals surface area (Å²) in [4.78, 5) is 6.78. The molecule has 3 rings (SSSR count). The number of likely N-dealkylation sites (tertiary alicyclic amines) is 1. The van der Waals surface area contributed by atoms with Gasteiger partial charge in [-0.15, -0.1) is 24.0 Å². The number of hydrogen-bond donors (Lipinski definition) is 1. The van der Waals surface area contributed by atoms with Crippen molar-refractivity contribution in [2.75, 3.05) is 39.9 Å². The summed E-state index contributed by atoms with van der Waals surface area (Å²) >= 11 is 12.1. The minimum absolute atomic E-state index is 0. The Morgan fingerprint density at radius 3 is 2.67 bits per heavy atom. The van der Waals surface area contributed by atoms with Crippen LogP contribution in [0.1, 0.15) is 18.4 Å². The Labute approximate surface area is 171 Å². The van der Waals surface area contributed by atoms with Crippen molar-refractivity contribution in [3.05, 3.63) is 33.8 Å². The van der Waals surface area contributed by atoms with Gasteiger partial charge in [-0.3, -0.25) is 4.99 Å². The van der Waals surface area contributed by atoms with Crippen molar-refractivity contribution in [3.8, 4) is 0 Å². The minimum Gasteiger partial charge on any atom is -0.381 e. The summed E-state index contributed by atoms with van der Waals surface area (Å²) < 4.78 is 5.59. The summed E-state index contributed by atoms with van der Waals surface area (Å²) in [5.74, 6) is 0.974. The van der Waals surface area contributed by atoms with Gasteiger partial charge in [-0.1, -0.05) is 23.2 Å². The van der Waals surface area contributed by atoms with Crippen LogP contribution < -0.4 is 5.32 Å². The molecule has 1 N–H and O–H groups in total. The van der Waals surface area contributed by atoms with Crippen LogP contribution in [0.25, 0.3) is 0 Å². The van der Waals surface area contributed by atoms with E-state index in [1.807, 2.05) is 19.2 Å². The van der Waals surface area contributed by atoms with Gasteiger partial charge in [-0.2, -0.15) is 0 Å². The van der Waals surface area contributed by atoms with Gasteiger partial charge in [0.1, 0.15) is 0 Å². The van der Waals surface area contributed by atoms with Crippen LogP contribution in [0.5, 0.6) is 0 Å². The Kier molecular flexibility index (Phi) is 7.46. The highest BCUT2D eigenvalue weighted by Gasteiger charge is 2.42. The Hall–Kier alpha value is -0.240. The maximum absolute atomic E-state index is 6.04. The third-order valence-electron chi connectivity index (χ3n) is 4.75. The van der Waals surface area contributed by atoms with Gasteiger partial charge in [0.05, 0.1) is 6.61 Å². The first kappa shape index (κ1) is 20.1. The zero-order chi connectivity index (χ0) is 16.3. The van der Waals surface area contributed by atoms with Crippen molar-refractivity contribution in [1.82, 2.24) is 10.2 Å². The second-order valence-electron chi connectivity index (χ2n) is 6.48. The number of ether oxygens (including phenoxy) is 1. The molecule has 2 saturated heterocycles. The first-order chi connectivity index (χ1) is 11.1. The van der Waals surface area contributed by atoms with E-state index in [1.165, 1.54) is 12.8 Å². The van der Waals surface area contributed by atoms with E-state index in [4.69, 9.17) is 27.9 Å². The van der Waals surface area contributed by atoms with Gasteiger partial charge in [-0.25, -0.2) is 0 Å². The van der Waals surface area contributed by atoms with Crippen LogP contribution in [0, 0.1) is 5.41 Å². The number of benzene rings is 1. The molecule has 134 valence electrons. The van der Waals surface area contributed by atoms with Crippen LogP contribution in [-0.4, -0.2) is 50.8 Å². The van der Waals surface area contributed by atoms with Gasteiger partial charge in [0.25, 0.3) is 0 Å². The molecule has 1 aromatic carbocycles. The first-order valence-electron chi connectivity index (χ1n) is 8.09. The molecule has 1 aromatic rings. The van der Waals surface area contributed by atoms with E-state index >= 15 is 0 Å². The summed E-state index contributed by atoms with van der Waals surface area (Å²) in [5, 5.41) is 4.81. The SMILES string of the molecule is CN=C(NCCc1cc(Cl)cc(Cl)c1)N1CCC2(CCOC2)C1.I. The third-order valence-corrected chi connectivity index (χ3v) is 5.19. The maximum Gasteiger partial charge on any atom is 0.193 e. The molecule has 2 heterocycles. The Morgan fingerprint density at radius 1 is 1.29 bits per heavy atom. The fourth-order valence-corrected chi connectivity index (χ4v) is 4.06. The molecule has 2 aliphatic heterocycles. The predicted octanol–water partition coefficient (Wildman–Crippen LogP) is 3.84. The van der Waals surface area contributed by atoms with E-state index in [9.17, 15) is 0 Å². The lowest BCUT2D eigenvalue weighted by atomic mass is 9.87. The predicted molar refractivity (Wildman–Crippen MR) is 111 cm³/mol. The van der Waals surface area contributed by atoms with E-state index in [-0.39, 0.29) is 24.0 Å². The highest BCUT2D eigenvalue weighted by Crippen LogP contribution is 2.38. The van der Waals surface area contributed by atoms with E-state index in [2.05, 4.69) is 15.2 Å². The highest BCUT2D eigenvalue weighted by molar-refractivity contribution is 14.0. The maximum atomic E-state index is 6.04. The zero-order valence-electron chi connectivity index (χ0n) is 13.9. The lowest BCUT2D eigenvalue weighted by molar-refractivity contribution is 0.156. The number of guanidine groups is 1. The number of hydrogen-bond acceptors (Lipinski definition) is 2. The Morgan fingerprint density at radius 2 is 2.04 bits per heavy atom. The average Bonchev–Trinajstić information content (AvgIpc) is 3.13. The van der Waals surface area contributed by atoms with Gasteiger partial charge in [0.2, 0.25) is 0 Å². The number of halogens is 3. The molecule has 0 aliphatic carbocycles. The normalized spacial score (nSPS) is 23.6. The van der Waals surface area contributed by atoms with Crippen molar-refractivity contribution in [1.29, 1.82) is 0 Å². The van der Waals surface area contributed by atoms with Crippen molar-refractivity contribution in [3.63, 3.8) is 0 Å². The summed E-state index contributed by atoms with van der Waals surface area (Å²) in [5.41, 5.74) is 1.48. The fourth-order valence-electron chi connectivity index (χ4n) is 3.49. The van der Waals surface area contributed by atoms with Gasteiger partial charge in [0, 0.05) is 48.7 Å². The smallest absolute Gasteiger partial charge is 0.193 e. The van der Waals surface area contributed by atoms with Crippen LogP contribution in [0.3, 0.4) is 0 Å². The highest BCUT2D eigenvalue weighted by atomic mass is 127. The third kappa shape index (κ3) is 4.90. The van der Waals surface area contributed by atoms with Gasteiger partial charge >= 0.3 is 0 Å². The quantitative estimate of drug-likeness (QED) is 0.403. The topological polar surface area (TPSA) is 36.9 Å². The molecule has 1 unspecified atom stereocenters. The molecule has 0 radical (unpaired) electrons. The summed E-state index contributed by atoms with van der Waals surface area (Å²) in [6.07, 6.45) is 3.22. The Balaban J connectivity index is 0.00000208. The fraction of sp³-hybridized carbons (Fsp3) is 0.588. The molecule has 0 aromatic heterocycles. The monoisotopic (exact) mass is 483 g/mol. The molecule has 24 heavy (non-hydrogen) atoms. The van der Waals surface area contributed by atoms with Gasteiger partial charge in [0.15, 0.2) is 5.96 Å². The Bertz CT molecular complexity index is 571. The van der Waals surface area contributed by atoms with E-state index < -0.39 is 0 Å². The molecule has 0 bridgehead atoms. The van der Waals surface area contributed by atoms with Crippen molar-refractivity contribution < 1.29 is 4.74 Å². The molecule has 2 aliphatic rings. The summed E-state index contributed by atoms with van der Waals surface area (Å²) in [6.45, 7) is 4.68. The van der Waals surface area contributed by atoms with Crippen LogP contribution in [0.4, 0.5) is 0 Å². The van der Waals surface area contributed by atoms with E-state index in [0.29, 0.717) is 15.5 Å². The molecule has 1 atom stereocenters. The molecule has 4 nitrogen and oxygen atoms in total. The zero-order valence-corrected chi connectivity index (χ0v) is 17.7. The number of rotatable bonds is 3. The molecular weight excluding hydrogens is 460 g/mol. The largest absolute Gasteiger partial charge is 0.381 e. The summed E-state index contributed by atoms with van der Waals surface area (Å²) in [6, 6.07) is 5.67. The standard InChI is InChI=1S/C17H23Cl2N3O.HI/c1-20-16(22-6-3-17(11-22)4-7-23-12-17)21-5-2-13-8-14(18)10-15(19)9-13;/h8-10H,2-7,11-12H2,1H3,(H,20,21);1H. The average molecular weight is 484 g/mol. The molecule has 0 saturated carbocycles. The van der Waals surface area contributed by atoms with Crippen molar-refractivity contribution >= 4 is 53.1 Å². The van der Waals surface area contributed by atoms with Crippen LogP contribution in [-0.2, 0) is 11.2 Å². The number of nitrogens with one attached hydrogen (secondary N) is 1. The van der Waals surface area contributed by atoms with E-state index in [1.54, 1.807) is 6.07 Å².